The molecule has 2 aliphatic heterocycles. The standard InChI is InChI=1S/C21H19N3O7/c1-3-16-21(27)23(15-9-13(24(28)29)5-7-18(15)31-16)11(2)20(26)12-4-6-17-14(8-12)22-19(25)10-30-17/h4-9,11,16H,3,10H2,1-2H3,(H,22,25). The number of amides is 2. The summed E-state index contributed by atoms with van der Waals surface area (Å²) in [6.45, 7) is 3.22. The molecule has 160 valence electrons. The Morgan fingerprint density at radius 1 is 1.26 bits per heavy atom. The van der Waals surface area contributed by atoms with Crippen molar-refractivity contribution in [2.24, 2.45) is 0 Å². The van der Waals surface area contributed by atoms with Crippen LogP contribution in [-0.2, 0) is 9.59 Å². The van der Waals surface area contributed by atoms with E-state index in [0.29, 0.717) is 23.6 Å². The van der Waals surface area contributed by atoms with Crippen LogP contribution < -0.4 is 19.7 Å². The van der Waals surface area contributed by atoms with Gasteiger partial charge in [0.25, 0.3) is 17.5 Å². The van der Waals surface area contributed by atoms with Gasteiger partial charge in [-0.2, -0.15) is 0 Å². The molecule has 10 nitrogen and oxygen atoms in total. The molecule has 31 heavy (non-hydrogen) atoms. The van der Waals surface area contributed by atoms with Gasteiger partial charge in [0.2, 0.25) is 0 Å². The van der Waals surface area contributed by atoms with Crippen LogP contribution in [0.15, 0.2) is 36.4 Å². The lowest BCUT2D eigenvalue weighted by Crippen LogP contribution is -2.52. The molecular weight excluding hydrogens is 406 g/mol. The lowest BCUT2D eigenvalue weighted by atomic mass is 10.00. The number of nitrogens with one attached hydrogen (secondary N) is 1. The summed E-state index contributed by atoms with van der Waals surface area (Å²) in [7, 11) is 0. The normalized spacial score (nSPS) is 18.1. The molecule has 0 aromatic heterocycles. The summed E-state index contributed by atoms with van der Waals surface area (Å²) < 4.78 is 11.0. The number of carbonyl (C=O) groups excluding carboxylic acids is 3. The Hall–Kier alpha value is -3.95. The van der Waals surface area contributed by atoms with Crippen LogP contribution in [0.2, 0.25) is 0 Å². The van der Waals surface area contributed by atoms with Crippen molar-refractivity contribution in [3.63, 3.8) is 0 Å². The van der Waals surface area contributed by atoms with E-state index in [1.165, 1.54) is 29.2 Å². The quantitative estimate of drug-likeness (QED) is 0.443. The summed E-state index contributed by atoms with van der Waals surface area (Å²) in [6.07, 6.45) is -0.435. The molecule has 0 saturated carbocycles. The van der Waals surface area contributed by atoms with Crippen molar-refractivity contribution in [3.05, 3.63) is 52.1 Å². The largest absolute Gasteiger partial charge is 0.482 e. The van der Waals surface area contributed by atoms with Gasteiger partial charge in [-0.3, -0.25) is 29.4 Å². The Morgan fingerprint density at radius 2 is 2.00 bits per heavy atom. The third-order valence-electron chi connectivity index (χ3n) is 5.23. The number of rotatable bonds is 5. The Morgan fingerprint density at radius 3 is 2.71 bits per heavy atom. The van der Waals surface area contributed by atoms with Gasteiger partial charge in [-0.25, -0.2) is 0 Å². The molecule has 2 heterocycles. The second-order valence-corrected chi connectivity index (χ2v) is 7.22. The van der Waals surface area contributed by atoms with Crippen molar-refractivity contribution < 1.29 is 28.8 Å². The lowest BCUT2D eigenvalue weighted by molar-refractivity contribution is -0.384. The number of benzene rings is 2. The number of ether oxygens (including phenoxy) is 2. The summed E-state index contributed by atoms with van der Waals surface area (Å²) in [5, 5.41) is 13.9. The molecule has 0 bridgehead atoms. The predicted molar refractivity (Wildman–Crippen MR) is 110 cm³/mol. The van der Waals surface area contributed by atoms with Crippen LogP contribution in [-0.4, -0.2) is 41.3 Å². The van der Waals surface area contributed by atoms with Crippen LogP contribution in [0.4, 0.5) is 17.1 Å². The van der Waals surface area contributed by atoms with Gasteiger partial charge in [0.15, 0.2) is 18.5 Å². The molecule has 0 radical (unpaired) electrons. The topological polar surface area (TPSA) is 128 Å². The van der Waals surface area contributed by atoms with Gasteiger partial charge in [0.05, 0.1) is 22.3 Å². The monoisotopic (exact) mass is 425 g/mol. The van der Waals surface area contributed by atoms with E-state index in [4.69, 9.17) is 9.47 Å². The smallest absolute Gasteiger partial charge is 0.271 e. The zero-order valence-electron chi connectivity index (χ0n) is 16.8. The number of nitrogens with zero attached hydrogens (tertiary/aromatic N) is 2. The summed E-state index contributed by atoms with van der Waals surface area (Å²) in [6, 6.07) is 7.59. The summed E-state index contributed by atoms with van der Waals surface area (Å²) in [5.74, 6) is -0.447. The van der Waals surface area contributed by atoms with Crippen molar-refractivity contribution in [2.45, 2.75) is 32.4 Å². The van der Waals surface area contributed by atoms with Gasteiger partial charge in [-0.15, -0.1) is 0 Å². The summed E-state index contributed by atoms with van der Waals surface area (Å²) >= 11 is 0. The molecule has 0 aliphatic carbocycles. The highest BCUT2D eigenvalue weighted by Gasteiger charge is 2.39. The van der Waals surface area contributed by atoms with E-state index >= 15 is 0 Å². The predicted octanol–water partition coefficient (Wildman–Crippen LogP) is 2.70. The number of ketones is 1. The fourth-order valence-electron chi connectivity index (χ4n) is 3.64. The molecule has 0 saturated heterocycles. The number of non-ortho nitro benzene ring substituents is 1. The number of hydrogen-bond donors (Lipinski definition) is 1. The Bertz CT molecular complexity index is 1110. The molecule has 2 aromatic carbocycles. The molecule has 0 fully saturated rings. The first-order valence-corrected chi connectivity index (χ1v) is 9.69. The van der Waals surface area contributed by atoms with Gasteiger partial charge in [0.1, 0.15) is 11.5 Å². The fourth-order valence-corrected chi connectivity index (χ4v) is 3.64. The number of anilines is 2. The van der Waals surface area contributed by atoms with Gasteiger partial charge < -0.3 is 14.8 Å². The highest BCUT2D eigenvalue weighted by atomic mass is 16.6. The van der Waals surface area contributed by atoms with Crippen molar-refractivity contribution in [1.82, 2.24) is 0 Å². The maximum absolute atomic E-state index is 13.3. The third-order valence-corrected chi connectivity index (χ3v) is 5.23. The van der Waals surface area contributed by atoms with Crippen LogP contribution >= 0.6 is 0 Å². The number of nitro benzene ring substituents is 1. The van der Waals surface area contributed by atoms with Crippen LogP contribution in [0, 0.1) is 10.1 Å². The number of Topliss-reactive ketones (excluding diaryl/α,β-unsaturated/α-hetero) is 1. The van der Waals surface area contributed by atoms with Crippen molar-refractivity contribution >= 4 is 34.7 Å². The second kappa shape index (κ2) is 7.71. The zero-order valence-corrected chi connectivity index (χ0v) is 16.8. The van der Waals surface area contributed by atoms with E-state index in [0.717, 1.165) is 0 Å². The van der Waals surface area contributed by atoms with E-state index in [9.17, 15) is 24.5 Å². The van der Waals surface area contributed by atoms with Gasteiger partial charge in [-0.05, 0) is 37.6 Å². The average Bonchev–Trinajstić information content (AvgIpc) is 2.76. The second-order valence-electron chi connectivity index (χ2n) is 7.22. The molecule has 4 rings (SSSR count). The van der Waals surface area contributed by atoms with Gasteiger partial charge in [0, 0.05) is 17.7 Å². The first kappa shape index (κ1) is 20.3. The van der Waals surface area contributed by atoms with Crippen LogP contribution in [0.25, 0.3) is 0 Å². The molecule has 2 unspecified atom stereocenters. The number of carbonyl (C=O) groups is 3. The maximum Gasteiger partial charge on any atom is 0.271 e. The highest BCUT2D eigenvalue weighted by Crippen LogP contribution is 2.39. The minimum absolute atomic E-state index is 0.104. The molecule has 2 aliphatic rings. The molecule has 2 atom stereocenters. The fraction of sp³-hybridized carbons (Fsp3) is 0.286. The molecular formula is C21H19N3O7. The Kier molecular flexibility index (Phi) is 5.05. The van der Waals surface area contributed by atoms with E-state index in [2.05, 4.69) is 5.32 Å². The zero-order chi connectivity index (χ0) is 22.3. The highest BCUT2D eigenvalue weighted by molar-refractivity contribution is 6.11. The van der Waals surface area contributed by atoms with E-state index in [-0.39, 0.29) is 29.5 Å². The van der Waals surface area contributed by atoms with E-state index in [1.54, 1.807) is 26.0 Å². The van der Waals surface area contributed by atoms with Gasteiger partial charge in [-0.1, -0.05) is 6.92 Å². The van der Waals surface area contributed by atoms with Crippen LogP contribution in [0.1, 0.15) is 30.6 Å². The third kappa shape index (κ3) is 3.56. The number of hydrogen-bond acceptors (Lipinski definition) is 7. The first-order valence-electron chi connectivity index (χ1n) is 9.69. The van der Waals surface area contributed by atoms with Crippen molar-refractivity contribution in [2.75, 3.05) is 16.8 Å². The number of nitro groups is 1. The minimum atomic E-state index is -0.968. The minimum Gasteiger partial charge on any atom is -0.482 e. The SMILES string of the molecule is CCC1Oc2ccc([N+](=O)[O-])cc2N(C(C)C(=O)c2ccc3c(c2)NC(=O)CO3)C1=O. The molecule has 2 amide bonds. The average molecular weight is 425 g/mol. The summed E-state index contributed by atoms with van der Waals surface area (Å²) in [5.41, 5.74) is 0.573. The van der Waals surface area contributed by atoms with Gasteiger partial charge >= 0.3 is 0 Å². The lowest BCUT2D eigenvalue weighted by Gasteiger charge is -2.37. The maximum atomic E-state index is 13.3. The Labute approximate surface area is 176 Å². The molecule has 2 aromatic rings. The van der Waals surface area contributed by atoms with Crippen LogP contribution in [0.3, 0.4) is 0 Å². The number of fused-ring (bicyclic) bond motifs is 2. The first-order chi connectivity index (χ1) is 14.8. The van der Waals surface area contributed by atoms with Crippen LogP contribution in [0.5, 0.6) is 11.5 Å². The van der Waals surface area contributed by atoms with E-state index in [1.807, 2.05) is 0 Å². The molecule has 0 spiro atoms. The molecule has 10 heteroatoms. The Balaban J connectivity index is 1.72. The molecule has 1 N–H and O–H groups in total. The van der Waals surface area contributed by atoms with Crippen molar-refractivity contribution in [1.29, 1.82) is 0 Å². The summed E-state index contributed by atoms with van der Waals surface area (Å²) in [4.78, 5) is 49.8. The van der Waals surface area contributed by atoms with E-state index < -0.39 is 28.8 Å². The van der Waals surface area contributed by atoms with Crippen molar-refractivity contribution in [3.8, 4) is 11.5 Å².